The average molecular weight is 283 g/mol. The molecule has 0 saturated heterocycles. The van der Waals surface area contributed by atoms with Crippen molar-refractivity contribution in [3.8, 4) is 0 Å². The van der Waals surface area contributed by atoms with Gasteiger partial charge in [0.1, 0.15) is 0 Å². The van der Waals surface area contributed by atoms with E-state index in [4.69, 9.17) is 5.11 Å². The number of carboxylic acids is 1. The second-order valence-electron chi connectivity index (χ2n) is 5.53. The highest BCUT2D eigenvalue weighted by atomic mass is 32.1. The van der Waals surface area contributed by atoms with Crippen molar-refractivity contribution in [3.63, 3.8) is 0 Å². The zero-order valence-corrected chi connectivity index (χ0v) is 12.5. The van der Waals surface area contributed by atoms with Crippen LogP contribution in [0.1, 0.15) is 49.0 Å². The number of thiophene rings is 1. The van der Waals surface area contributed by atoms with E-state index in [2.05, 4.69) is 5.32 Å². The van der Waals surface area contributed by atoms with Crippen LogP contribution >= 0.6 is 11.3 Å². The minimum absolute atomic E-state index is 0.0483. The number of hydrogen-bond donors (Lipinski definition) is 2. The Kier molecular flexibility index (Phi) is 5.54. The molecule has 4 nitrogen and oxygen atoms in total. The van der Waals surface area contributed by atoms with Crippen LogP contribution in [0.5, 0.6) is 0 Å². The summed E-state index contributed by atoms with van der Waals surface area (Å²) >= 11 is 1.52. The topological polar surface area (TPSA) is 66.4 Å². The number of carboxylic acid groups (broad SMARTS) is 1. The minimum atomic E-state index is -0.772. The van der Waals surface area contributed by atoms with Gasteiger partial charge in [-0.2, -0.15) is 11.3 Å². The molecule has 0 aliphatic rings. The van der Waals surface area contributed by atoms with Crippen LogP contribution in [0.25, 0.3) is 0 Å². The Bertz CT molecular complexity index is 451. The van der Waals surface area contributed by atoms with Crippen molar-refractivity contribution >= 4 is 23.2 Å². The summed E-state index contributed by atoms with van der Waals surface area (Å²) in [4.78, 5) is 22.4. The maximum absolute atomic E-state index is 11.9. The quantitative estimate of drug-likeness (QED) is 0.808. The van der Waals surface area contributed by atoms with Gasteiger partial charge < -0.3 is 10.4 Å². The smallest absolute Gasteiger partial charge is 0.303 e. The Morgan fingerprint density at radius 2 is 2.00 bits per heavy atom. The Morgan fingerprint density at radius 1 is 1.32 bits per heavy atom. The predicted octanol–water partition coefficient (Wildman–Crippen LogP) is 3.07. The van der Waals surface area contributed by atoms with Gasteiger partial charge in [-0.25, -0.2) is 0 Å². The van der Waals surface area contributed by atoms with Crippen LogP contribution in [-0.2, 0) is 4.79 Å². The lowest BCUT2D eigenvalue weighted by Gasteiger charge is -2.23. The number of aryl methyl sites for hydroxylation is 1. The maximum atomic E-state index is 11.9. The summed E-state index contributed by atoms with van der Waals surface area (Å²) in [5.74, 6) is -0.821. The van der Waals surface area contributed by atoms with Gasteiger partial charge >= 0.3 is 5.97 Å². The first-order valence-corrected chi connectivity index (χ1v) is 7.29. The van der Waals surface area contributed by atoms with Crippen LogP contribution in [0.2, 0.25) is 0 Å². The average Bonchev–Trinajstić information content (AvgIpc) is 2.73. The molecule has 2 N–H and O–H groups in total. The van der Waals surface area contributed by atoms with Crippen LogP contribution in [-0.4, -0.2) is 23.5 Å². The fourth-order valence-corrected chi connectivity index (χ4v) is 2.60. The molecule has 0 spiro atoms. The van der Waals surface area contributed by atoms with E-state index in [0.717, 1.165) is 17.5 Å². The number of carbonyl (C=O) groups is 2. The molecule has 1 aromatic heterocycles. The molecule has 19 heavy (non-hydrogen) atoms. The summed E-state index contributed by atoms with van der Waals surface area (Å²) in [5.41, 5.74) is 1.65. The van der Waals surface area contributed by atoms with Crippen molar-refractivity contribution in [2.45, 2.75) is 40.0 Å². The lowest BCUT2D eigenvalue weighted by molar-refractivity contribution is -0.137. The summed E-state index contributed by atoms with van der Waals surface area (Å²) in [7, 11) is 0. The van der Waals surface area contributed by atoms with E-state index in [1.807, 2.05) is 31.5 Å². The fraction of sp³-hybridized carbons (Fsp3) is 0.571. The Balaban J connectivity index is 2.35. The lowest BCUT2D eigenvalue weighted by Crippen LogP contribution is -2.28. The summed E-state index contributed by atoms with van der Waals surface area (Å²) in [6.45, 7) is 6.54. The van der Waals surface area contributed by atoms with Gasteiger partial charge in [-0.05, 0) is 36.1 Å². The predicted molar refractivity (Wildman–Crippen MR) is 76.7 cm³/mol. The lowest BCUT2D eigenvalue weighted by atomic mass is 9.84. The van der Waals surface area contributed by atoms with Crippen molar-refractivity contribution in [1.82, 2.24) is 5.32 Å². The highest BCUT2D eigenvalue weighted by Gasteiger charge is 2.19. The molecule has 5 heteroatoms. The van der Waals surface area contributed by atoms with E-state index in [9.17, 15) is 9.59 Å². The van der Waals surface area contributed by atoms with Crippen molar-refractivity contribution in [1.29, 1.82) is 0 Å². The largest absolute Gasteiger partial charge is 0.481 e. The van der Waals surface area contributed by atoms with Crippen molar-refractivity contribution in [3.05, 3.63) is 21.9 Å². The molecule has 0 aliphatic carbocycles. The molecule has 0 aliphatic heterocycles. The summed E-state index contributed by atoms with van der Waals surface area (Å²) in [6.07, 6.45) is 1.56. The van der Waals surface area contributed by atoms with Crippen molar-refractivity contribution < 1.29 is 14.7 Å². The van der Waals surface area contributed by atoms with Crippen LogP contribution in [0, 0.1) is 12.3 Å². The van der Waals surface area contributed by atoms with Gasteiger partial charge in [0.05, 0.1) is 5.56 Å². The minimum Gasteiger partial charge on any atom is -0.481 e. The molecule has 0 radical (unpaired) electrons. The third kappa shape index (κ3) is 5.42. The van der Waals surface area contributed by atoms with Gasteiger partial charge in [0.2, 0.25) is 0 Å². The van der Waals surface area contributed by atoms with Crippen molar-refractivity contribution in [2.75, 3.05) is 6.54 Å². The van der Waals surface area contributed by atoms with Crippen LogP contribution in [0.4, 0.5) is 0 Å². The fourth-order valence-electron chi connectivity index (χ4n) is 1.77. The van der Waals surface area contributed by atoms with E-state index >= 15 is 0 Å². The first kappa shape index (κ1) is 15.7. The van der Waals surface area contributed by atoms with E-state index < -0.39 is 5.97 Å². The molecule has 1 rings (SSSR count). The Hall–Kier alpha value is -1.36. The van der Waals surface area contributed by atoms with Crippen molar-refractivity contribution in [2.24, 2.45) is 5.41 Å². The van der Waals surface area contributed by atoms with Gasteiger partial charge in [0.15, 0.2) is 0 Å². The number of carbonyl (C=O) groups excluding carboxylic acids is 1. The van der Waals surface area contributed by atoms with E-state index in [-0.39, 0.29) is 17.7 Å². The van der Waals surface area contributed by atoms with Gasteiger partial charge in [-0.3, -0.25) is 9.59 Å². The zero-order chi connectivity index (χ0) is 14.5. The molecule has 0 atom stereocenters. The molecule has 0 fully saturated rings. The third-order valence-electron chi connectivity index (χ3n) is 3.20. The molecular formula is C14H21NO3S. The number of nitrogens with one attached hydrogen (secondary N) is 1. The molecule has 106 valence electrons. The molecular weight excluding hydrogens is 262 g/mol. The van der Waals surface area contributed by atoms with Crippen LogP contribution in [0.15, 0.2) is 10.8 Å². The second kappa shape index (κ2) is 6.70. The Morgan fingerprint density at radius 3 is 2.53 bits per heavy atom. The van der Waals surface area contributed by atoms with Gasteiger partial charge in [-0.15, -0.1) is 0 Å². The van der Waals surface area contributed by atoms with Gasteiger partial charge in [0, 0.05) is 18.3 Å². The first-order valence-electron chi connectivity index (χ1n) is 6.34. The normalized spacial score (nSPS) is 11.3. The van der Waals surface area contributed by atoms with E-state index in [1.165, 1.54) is 11.3 Å². The highest BCUT2D eigenvalue weighted by molar-refractivity contribution is 7.08. The summed E-state index contributed by atoms with van der Waals surface area (Å²) < 4.78 is 0. The molecule has 0 saturated carbocycles. The molecule has 1 amide bonds. The molecule has 0 bridgehead atoms. The first-order chi connectivity index (χ1) is 8.82. The zero-order valence-electron chi connectivity index (χ0n) is 11.7. The highest BCUT2D eigenvalue weighted by Crippen LogP contribution is 2.26. The number of amides is 1. The molecule has 1 heterocycles. The second-order valence-corrected chi connectivity index (χ2v) is 6.28. The number of hydrogen-bond acceptors (Lipinski definition) is 3. The van der Waals surface area contributed by atoms with Crippen LogP contribution < -0.4 is 5.32 Å². The summed E-state index contributed by atoms with van der Waals surface area (Å²) in [6, 6.07) is 0. The van der Waals surface area contributed by atoms with E-state index in [0.29, 0.717) is 13.0 Å². The molecule has 0 unspecified atom stereocenters. The molecule has 1 aromatic rings. The maximum Gasteiger partial charge on any atom is 0.303 e. The number of rotatable bonds is 7. The van der Waals surface area contributed by atoms with Gasteiger partial charge in [-0.1, -0.05) is 13.8 Å². The van der Waals surface area contributed by atoms with Crippen LogP contribution in [0.3, 0.4) is 0 Å². The Labute approximate surface area is 117 Å². The van der Waals surface area contributed by atoms with E-state index in [1.54, 1.807) is 0 Å². The number of aliphatic carboxylic acids is 1. The third-order valence-corrected chi connectivity index (χ3v) is 4.06. The van der Waals surface area contributed by atoms with Gasteiger partial charge in [0.25, 0.3) is 5.91 Å². The molecule has 0 aromatic carbocycles. The monoisotopic (exact) mass is 283 g/mol. The SMILES string of the molecule is Cc1cscc1C(=O)NCCC(C)(C)CCC(=O)O. The summed E-state index contributed by atoms with van der Waals surface area (Å²) in [5, 5.41) is 15.4. The standard InChI is InChI=1S/C14H21NO3S/c1-10-8-19-9-11(10)13(18)15-7-6-14(2,3)5-4-12(16)17/h8-9H,4-7H2,1-3H3,(H,15,18)(H,16,17).